The lowest BCUT2D eigenvalue weighted by molar-refractivity contribution is 0.0526. The Hall–Kier alpha value is -2.55. The summed E-state index contributed by atoms with van der Waals surface area (Å²) in [6.07, 6.45) is 3.34. The standard InChI is InChI=1S/C24H29NO2/c1-6-27-23(26)19-9-7-18(8-10-19)15-17(2)20-11-12-21-22(16-20)25(5)14-13-24(21,3)4/h7-12,15-16H,6,13-14H2,1-5H3. The normalized spacial score (nSPS) is 16.0. The van der Waals surface area contributed by atoms with Gasteiger partial charge in [0.2, 0.25) is 0 Å². The summed E-state index contributed by atoms with van der Waals surface area (Å²) in [4.78, 5) is 14.1. The molecule has 0 unspecified atom stereocenters. The molecular formula is C24H29NO2. The summed E-state index contributed by atoms with van der Waals surface area (Å²) in [6.45, 7) is 10.1. The lowest BCUT2D eigenvalue weighted by Gasteiger charge is -2.38. The maximum absolute atomic E-state index is 11.8. The lowest BCUT2D eigenvalue weighted by atomic mass is 9.77. The summed E-state index contributed by atoms with van der Waals surface area (Å²) in [5, 5.41) is 0. The highest BCUT2D eigenvalue weighted by Gasteiger charge is 2.29. The minimum Gasteiger partial charge on any atom is -0.462 e. The molecule has 0 aliphatic carbocycles. The zero-order valence-corrected chi connectivity index (χ0v) is 17.0. The number of esters is 1. The Balaban J connectivity index is 1.86. The molecule has 0 radical (unpaired) electrons. The van der Waals surface area contributed by atoms with Crippen LogP contribution in [0.4, 0.5) is 5.69 Å². The number of carbonyl (C=O) groups excluding carboxylic acids is 1. The number of anilines is 1. The second-order valence-electron chi connectivity index (χ2n) is 7.96. The van der Waals surface area contributed by atoms with Crippen molar-refractivity contribution in [3.05, 3.63) is 64.7 Å². The fourth-order valence-electron chi connectivity index (χ4n) is 3.63. The molecule has 0 spiro atoms. The molecule has 0 amide bonds. The van der Waals surface area contributed by atoms with Crippen LogP contribution in [-0.4, -0.2) is 26.2 Å². The molecule has 3 nitrogen and oxygen atoms in total. The van der Waals surface area contributed by atoms with Gasteiger partial charge in [0.1, 0.15) is 0 Å². The first-order valence-electron chi connectivity index (χ1n) is 9.63. The number of hydrogen-bond donors (Lipinski definition) is 0. The van der Waals surface area contributed by atoms with Crippen LogP contribution < -0.4 is 4.90 Å². The highest BCUT2D eigenvalue weighted by atomic mass is 16.5. The van der Waals surface area contributed by atoms with Crippen molar-refractivity contribution in [3.63, 3.8) is 0 Å². The molecule has 0 saturated heterocycles. The second-order valence-corrected chi connectivity index (χ2v) is 7.96. The third kappa shape index (κ3) is 4.08. The molecule has 0 bridgehead atoms. The zero-order chi connectivity index (χ0) is 19.6. The lowest BCUT2D eigenvalue weighted by Crippen LogP contribution is -2.34. The van der Waals surface area contributed by atoms with Gasteiger partial charge in [0, 0.05) is 19.3 Å². The maximum atomic E-state index is 11.8. The van der Waals surface area contributed by atoms with E-state index in [2.05, 4.69) is 57.0 Å². The van der Waals surface area contributed by atoms with E-state index in [9.17, 15) is 4.79 Å². The molecule has 1 aliphatic rings. The van der Waals surface area contributed by atoms with Crippen LogP contribution in [0.1, 0.15) is 61.2 Å². The minimum atomic E-state index is -0.273. The van der Waals surface area contributed by atoms with Gasteiger partial charge in [-0.05, 0) is 66.1 Å². The Morgan fingerprint density at radius 1 is 1.15 bits per heavy atom. The van der Waals surface area contributed by atoms with Gasteiger partial charge in [0.05, 0.1) is 12.2 Å². The molecule has 3 heteroatoms. The summed E-state index contributed by atoms with van der Waals surface area (Å²) in [5.74, 6) is -0.273. The molecule has 0 saturated carbocycles. The van der Waals surface area contributed by atoms with Crippen LogP contribution in [0.3, 0.4) is 0 Å². The summed E-state index contributed by atoms with van der Waals surface area (Å²) in [6, 6.07) is 14.4. The van der Waals surface area contributed by atoms with E-state index >= 15 is 0 Å². The van der Waals surface area contributed by atoms with E-state index in [0.717, 1.165) is 12.1 Å². The molecule has 1 aliphatic heterocycles. The van der Waals surface area contributed by atoms with E-state index in [1.807, 2.05) is 31.2 Å². The molecule has 0 atom stereocenters. The second kappa shape index (κ2) is 7.59. The van der Waals surface area contributed by atoms with E-state index in [-0.39, 0.29) is 11.4 Å². The Labute approximate surface area is 162 Å². The third-order valence-electron chi connectivity index (χ3n) is 5.47. The number of hydrogen-bond acceptors (Lipinski definition) is 3. The van der Waals surface area contributed by atoms with Gasteiger partial charge in [0.25, 0.3) is 0 Å². The van der Waals surface area contributed by atoms with E-state index in [4.69, 9.17) is 4.74 Å². The largest absolute Gasteiger partial charge is 0.462 e. The van der Waals surface area contributed by atoms with Crippen LogP contribution in [0.5, 0.6) is 0 Å². The highest BCUT2D eigenvalue weighted by Crippen LogP contribution is 2.40. The molecule has 0 aromatic heterocycles. The quantitative estimate of drug-likeness (QED) is 0.527. The summed E-state index contributed by atoms with van der Waals surface area (Å²) in [5.41, 5.74) is 7.07. The van der Waals surface area contributed by atoms with Crippen LogP contribution in [0.25, 0.3) is 11.6 Å². The number of rotatable bonds is 4. The molecule has 0 fully saturated rings. The zero-order valence-electron chi connectivity index (χ0n) is 17.0. The molecule has 2 aromatic rings. The molecule has 142 valence electrons. The average molecular weight is 364 g/mol. The van der Waals surface area contributed by atoms with Crippen molar-refractivity contribution in [3.8, 4) is 0 Å². The summed E-state index contributed by atoms with van der Waals surface area (Å²) >= 11 is 0. The minimum absolute atomic E-state index is 0.223. The van der Waals surface area contributed by atoms with E-state index in [0.29, 0.717) is 12.2 Å². The first-order chi connectivity index (χ1) is 12.8. The SMILES string of the molecule is CCOC(=O)c1ccc(C=C(C)c2ccc3c(c2)N(C)CCC3(C)C)cc1. The van der Waals surface area contributed by atoms with Crippen LogP contribution in [-0.2, 0) is 10.2 Å². The van der Waals surface area contributed by atoms with Crippen LogP contribution >= 0.6 is 0 Å². The van der Waals surface area contributed by atoms with Gasteiger partial charge in [-0.15, -0.1) is 0 Å². The van der Waals surface area contributed by atoms with Gasteiger partial charge in [0.15, 0.2) is 0 Å². The molecule has 2 aromatic carbocycles. The molecule has 3 rings (SSSR count). The Morgan fingerprint density at radius 2 is 1.81 bits per heavy atom. The van der Waals surface area contributed by atoms with Crippen molar-refractivity contribution in [2.24, 2.45) is 0 Å². The highest BCUT2D eigenvalue weighted by molar-refractivity contribution is 5.90. The first kappa shape index (κ1) is 19.2. The smallest absolute Gasteiger partial charge is 0.338 e. The van der Waals surface area contributed by atoms with Gasteiger partial charge >= 0.3 is 5.97 Å². The van der Waals surface area contributed by atoms with Gasteiger partial charge in [-0.2, -0.15) is 0 Å². The third-order valence-corrected chi connectivity index (χ3v) is 5.47. The average Bonchev–Trinajstić information content (AvgIpc) is 2.65. The van der Waals surface area contributed by atoms with Crippen molar-refractivity contribution in [1.29, 1.82) is 0 Å². The maximum Gasteiger partial charge on any atom is 0.338 e. The predicted octanol–water partition coefficient (Wildman–Crippen LogP) is 5.54. The number of allylic oxidation sites excluding steroid dienone is 1. The van der Waals surface area contributed by atoms with Gasteiger partial charge in [-0.25, -0.2) is 4.79 Å². The molecule has 27 heavy (non-hydrogen) atoms. The Kier molecular flexibility index (Phi) is 5.41. The predicted molar refractivity (Wildman–Crippen MR) is 113 cm³/mol. The van der Waals surface area contributed by atoms with Gasteiger partial charge in [-0.3, -0.25) is 0 Å². The van der Waals surface area contributed by atoms with Crippen molar-refractivity contribution >= 4 is 23.3 Å². The fourth-order valence-corrected chi connectivity index (χ4v) is 3.63. The van der Waals surface area contributed by atoms with E-state index in [1.165, 1.54) is 28.8 Å². The summed E-state index contributed by atoms with van der Waals surface area (Å²) < 4.78 is 5.04. The van der Waals surface area contributed by atoms with Crippen molar-refractivity contribution < 1.29 is 9.53 Å². The Bertz CT molecular complexity index is 862. The van der Waals surface area contributed by atoms with Crippen LogP contribution in [0.2, 0.25) is 0 Å². The first-order valence-corrected chi connectivity index (χ1v) is 9.63. The number of carbonyl (C=O) groups is 1. The van der Waals surface area contributed by atoms with Crippen molar-refractivity contribution in [1.82, 2.24) is 0 Å². The molecule has 0 N–H and O–H groups in total. The number of benzene rings is 2. The van der Waals surface area contributed by atoms with E-state index in [1.54, 1.807) is 0 Å². The Morgan fingerprint density at radius 3 is 2.48 bits per heavy atom. The number of ether oxygens (including phenoxy) is 1. The summed E-state index contributed by atoms with van der Waals surface area (Å²) in [7, 11) is 2.17. The monoisotopic (exact) mass is 363 g/mol. The van der Waals surface area contributed by atoms with Gasteiger partial charge < -0.3 is 9.64 Å². The molecule has 1 heterocycles. The topological polar surface area (TPSA) is 29.5 Å². The van der Waals surface area contributed by atoms with Crippen LogP contribution in [0.15, 0.2) is 42.5 Å². The van der Waals surface area contributed by atoms with Crippen LogP contribution in [0, 0.1) is 0 Å². The fraction of sp³-hybridized carbons (Fsp3) is 0.375. The number of nitrogens with zero attached hydrogens (tertiary/aromatic N) is 1. The molecular weight excluding hydrogens is 334 g/mol. The van der Waals surface area contributed by atoms with Crippen molar-refractivity contribution in [2.45, 2.75) is 39.5 Å². The van der Waals surface area contributed by atoms with Crippen molar-refractivity contribution in [2.75, 3.05) is 25.1 Å². The van der Waals surface area contributed by atoms with E-state index < -0.39 is 0 Å². The number of fused-ring (bicyclic) bond motifs is 1. The van der Waals surface area contributed by atoms with Gasteiger partial charge in [-0.1, -0.05) is 44.2 Å².